The molecule has 0 aliphatic carbocycles. The third kappa shape index (κ3) is 19.5. The molecule has 3 aliphatic rings. The SMILES string of the molecule is CNc1cc(N(C)C(=O)Nc2cc(C(=O)N3CCCc4ccc(C(F)(F)F)cc43)ccc2C)ncn1.CNc1cc(N(C)C(=O)Nc2cc(C(=O)Nc3cc(C(F)(F)F)ccc3N3CCCCC3)ccc2C)ncn1.CNc1cc(N(C)C(=O)Nc2cc(C(=O)Nc3ccc4c(c3)C(C)(C)CN4C(C)=O)ccc2C)ncn1. The number of hydrogen-bond donors (Lipinski definition) is 8. The summed E-state index contributed by atoms with van der Waals surface area (Å²) < 4.78 is 80.3. The molecule has 8 N–H and O–H groups in total. The highest BCUT2D eigenvalue weighted by Crippen LogP contribution is 2.43. The number of aryl methyl sites for hydroxylation is 4. The van der Waals surface area contributed by atoms with Crippen molar-refractivity contribution in [2.24, 2.45) is 0 Å². The van der Waals surface area contributed by atoms with E-state index in [1.54, 1.807) is 135 Å². The number of rotatable bonds is 15. The summed E-state index contributed by atoms with van der Waals surface area (Å²) >= 11 is 0. The van der Waals surface area contributed by atoms with Gasteiger partial charge in [-0.2, -0.15) is 26.3 Å². The molecule has 6 heterocycles. The third-order valence-electron chi connectivity index (χ3n) is 19.1. The highest BCUT2D eigenvalue weighted by Gasteiger charge is 2.38. The first-order chi connectivity index (χ1) is 53.1. The van der Waals surface area contributed by atoms with Crippen LogP contribution in [0.4, 0.5) is 121 Å². The van der Waals surface area contributed by atoms with Crippen molar-refractivity contribution in [3.05, 3.63) is 202 Å². The number of nitrogens with zero attached hydrogens (tertiary/aromatic N) is 12. The van der Waals surface area contributed by atoms with Gasteiger partial charge in [0, 0.05) is 150 Å². The number of hydrogen-bond acceptors (Lipinski definition) is 17. The number of carbonyl (C=O) groups is 7. The fourth-order valence-electron chi connectivity index (χ4n) is 12.6. The number of amides is 10. The third-order valence-corrected chi connectivity index (χ3v) is 19.1. The summed E-state index contributed by atoms with van der Waals surface area (Å²) in [6.07, 6.45) is -0.891. The number of piperidine rings is 1. The van der Waals surface area contributed by atoms with Gasteiger partial charge in [-0.05, 0) is 166 Å². The van der Waals surface area contributed by atoms with Crippen molar-refractivity contribution >= 4 is 122 Å². The van der Waals surface area contributed by atoms with E-state index in [4.69, 9.17) is 0 Å². The van der Waals surface area contributed by atoms with Gasteiger partial charge < -0.3 is 57.2 Å². The Bertz CT molecular complexity index is 5040. The maximum Gasteiger partial charge on any atom is 0.416 e. The lowest BCUT2D eigenvalue weighted by Crippen LogP contribution is -2.36. The molecule has 1 fully saturated rings. The van der Waals surface area contributed by atoms with Crippen LogP contribution >= 0.6 is 0 Å². The minimum Gasteiger partial charge on any atom is -0.373 e. The number of nitrogens with one attached hydrogen (secondary N) is 8. The molecule has 33 heteroatoms. The van der Waals surface area contributed by atoms with E-state index in [-0.39, 0.29) is 39.7 Å². The predicted molar refractivity (Wildman–Crippen MR) is 423 cm³/mol. The maximum absolute atomic E-state index is 13.5. The molecule has 3 aromatic heterocycles. The summed E-state index contributed by atoms with van der Waals surface area (Å²) in [5.74, 6) is 1.46. The number of fused-ring (bicyclic) bond motifs is 2. The van der Waals surface area contributed by atoms with Crippen LogP contribution in [0.15, 0.2) is 146 Å². The topological polar surface area (TPSA) is 313 Å². The van der Waals surface area contributed by atoms with Crippen molar-refractivity contribution in [3.63, 3.8) is 0 Å². The van der Waals surface area contributed by atoms with Crippen molar-refractivity contribution in [1.82, 2.24) is 29.9 Å². The maximum atomic E-state index is 13.5. The molecule has 586 valence electrons. The van der Waals surface area contributed by atoms with Gasteiger partial charge in [0.2, 0.25) is 5.91 Å². The van der Waals surface area contributed by atoms with Gasteiger partial charge in [0.25, 0.3) is 17.7 Å². The Morgan fingerprint density at radius 1 is 0.438 bits per heavy atom. The highest BCUT2D eigenvalue weighted by molar-refractivity contribution is 6.11. The molecule has 0 bridgehead atoms. The van der Waals surface area contributed by atoms with Crippen LogP contribution < -0.4 is 71.9 Å². The van der Waals surface area contributed by atoms with E-state index in [2.05, 4.69) is 86.3 Å². The molecule has 0 atom stereocenters. The Morgan fingerprint density at radius 2 is 0.875 bits per heavy atom. The molecule has 10 amide bonds. The van der Waals surface area contributed by atoms with E-state index in [9.17, 15) is 59.9 Å². The first kappa shape index (κ1) is 81.5. The molecular weight excluding hydrogens is 1450 g/mol. The minimum absolute atomic E-state index is 0.00864. The van der Waals surface area contributed by atoms with E-state index in [0.29, 0.717) is 125 Å². The Balaban J connectivity index is 0.000000178. The van der Waals surface area contributed by atoms with E-state index in [1.807, 2.05) is 24.0 Å². The summed E-state index contributed by atoms with van der Waals surface area (Å²) in [5, 5.41) is 22.7. The van der Waals surface area contributed by atoms with E-state index in [0.717, 1.165) is 60.3 Å². The first-order valence-electron chi connectivity index (χ1n) is 35.6. The second-order valence-electron chi connectivity index (χ2n) is 27.4. The minimum atomic E-state index is -4.55. The van der Waals surface area contributed by atoms with Crippen molar-refractivity contribution in [1.29, 1.82) is 0 Å². The Hall–Kier alpha value is -13.0. The van der Waals surface area contributed by atoms with Gasteiger partial charge in [-0.15, -0.1) is 0 Å². The average Bonchev–Trinajstić information content (AvgIpc) is 0.817. The summed E-state index contributed by atoms with van der Waals surface area (Å²) in [7, 11) is 9.81. The fourth-order valence-corrected chi connectivity index (χ4v) is 12.6. The number of urea groups is 3. The van der Waals surface area contributed by atoms with Crippen LogP contribution in [-0.2, 0) is 29.0 Å². The Morgan fingerprint density at radius 3 is 1.34 bits per heavy atom. The van der Waals surface area contributed by atoms with Crippen molar-refractivity contribution < 1.29 is 59.9 Å². The average molecular weight is 1540 g/mol. The predicted octanol–water partition coefficient (Wildman–Crippen LogP) is 15.3. The standard InChI is InChI=1S/C27H30F3N7O2.C27H31N7O3.C25H25F3N6O2/c1-17-7-8-18(13-20(17)35-26(39)36(3)24-15-23(31-2)32-16-33-24)25(38)34-21-14-19(27(28,29)30)9-10-22(21)37-11-5-4-6-12-37;1-16-7-8-18(11-21(16)32-26(37)33(6)24-13-23(28-5)29-15-30-24)25(36)31-19-9-10-22-20(12-19)27(3,4)14-34(22)17(2)35;1-15-6-7-17(11-19(15)32-24(36)33(3)22-13-21(29-2)30-14-31-22)23(35)34-10-4-5-16-8-9-18(12-20(16)34)25(26,27)28/h7-10,13-16H,4-6,11-12H2,1-3H3,(H,34,38)(H,35,39)(H,31,32,33);7-13,15H,14H2,1-6H3,(H,31,36)(H,32,37)(H,28,29,30);6-9,11-14H,4-5,10H2,1-3H3,(H,32,36)(H,29,30,31). The highest BCUT2D eigenvalue weighted by atomic mass is 19.4. The molecule has 0 radical (unpaired) electrons. The molecule has 9 aromatic rings. The van der Waals surface area contributed by atoms with Gasteiger partial charge in [-0.3, -0.25) is 33.9 Å². The van der Waals surface area contributed by atoms with Crippen molar-refractivity contribution in [2.75, 3.05) is 140 Å². The van der Waals surface area contributed by atoms with Crippen LogP contribution in [0.2, 0.25) is 0 Å². The van der Waals surface area contributed by atoms with Crippen LogP contribution in [0, 0.1) is 20.8 Å². The van der Waals surface area contributed by atoms with E-state index >= 15 is 0 Å². The molecular formula is C79H86F6N20O7. The molecule has 3 aliphatic heterocycles. The van der Waals surface area contributed by atoms with Gasteiger partial charge in [0.1, 0.15) is 53.9 Å². The lowest BCUT2D eigenvalue weighted by molar-refractivity contribution is -0.138. The summed E-state index contributed by atoms with van der Waals surface area (Å²) in [6, 6.07) is 30.6. The fraction of sp³-hybridized carbons (Fsp3) is 0.304. The van der Waals surface area contributed by atoms with Crippen molar-refractivity contribution in [3.8, 4) is 0 Å². The lowest BCUT2D eigenvalue weighted by Gasteiger charge is -2.31. The molecule has 12 rings (SSSR count). The van der Waals surface area contributed by atoms with Crippen LogP contribution in [-0.4, -0.2) is 140 Å². The molecule has 112 heavy (non-hydrogen) atoms. The molecule has 1 saturated heterocycles. The van der Waals surface area contributed by atoms with Crippen LogP contribution in [0.1, 0.15) is 116 Å². The van der Waals surface area contributed by atoms with E-state index < -0.39 is 53.4 Å². The van der Waals surface area contributed by atoms with Gasteiger partial charge >= 0.3 is 30.4 Å². The van der Waals surface area contributed by atoms with Gasteiger partial charge in [0.15, 0.2) is 0 Å². The zero-order valence-electron chi connectivity index (χ0n) is 63.7. The summed E-state index contributed by atoms with van der Waals surface area (Å²) in [4.78, 5) is 124. The summed E-state index contributed by atoms with van der Waals surface area (Å²) in [6.45, 7) is 13.4. The summed E-state index contributed by atoms with van der Waals surface area (Å²) in [5.41, 5.74) is 6.56. The lowest BCUT2D eigenvalue weighted by atomic mass is 9.87. The van der Waals surface area contributed by atoms with Crippen LogP contribution in [0.5, 0.6) is 0 Å². The number of aromatic nitrogens is 6. The van der Waals surface area contributed by atoms with Crippen LogP contribution in [0.3, 0.4) is 0 Å². The Kier molecular flexibility index (Phi) is 25.3. The van der Waals surface area contributed by atoms with Crippen LogP contribution in [0.25, 0.3) is 0 Å². The van der Waals surface area contributed by atoms with Gasteiger partial charge in [-0.25, -0.2) is 44.3 Å². The first-order valence-corrected chi connectivity index (χ1v) is 35.6. The largest absolute Gasteiger partial charge is 0.416 e. The smallest absolute Gasteiger partial charge is 0.373 e. The number of halogens is 6. The monoisotopic (exact) mass is 1540 g/mol. The zero-order chi connectivity index (χ0) is 81.1. The number of benzene rings is 6. The van der Waals surface area contributed by atoms with E-state index in [1.165, 1.54) is 62.8 Å². The molecule has 0 saturated carbocycles. The van der Waals surface area contributed by atoms with Gasteiger partial charge in [-0.1, -0.05) is 38.1 Å². The quantitative estimate of drug-likeness (QED) is 0.0442. The zero-order valence-corrected chi connectivity index (χ0v) is 63.7. The molecule has 27 nitrogen and oxygen atoms in total. The normalized spacial score (nSPS) is 13.4. The molecule has 0 spiro atoms. The number of carbonyl (C=O) groups excluding carboxylic acids is 7. The molecule has 0 unspecified atom stereocenters. The second-order valence-corrected chi connectivity index (χ2v) is 27.4. The van der Waals surface area contributed by atoms with Gasteiger partial charge in [0.05, 0.1) is 22.5 Å². The Labute approximate surface area is 643 Å². The second kappa shape index (κ2) is 34.7. The number of anilines is 14. The number of alkyl halides is 6. The molecule has 6 aromatic carbocycles. The van der Waals surface area contributed by atoms with Crippen molar-refractivity contribution in [2.45, 2.75) is 91.4 Å².